The Hall–Kier alpha value is -3.13. The first-order valence-electron chi connectivity index (χ1n) is 15.9. The van der Waals surface area contributed by atoms with Gasteiger partial charge in [0.25, 0.3) is 0 Å². The highest BCUT2D eigenvalue weighted by molar-refractivity contribution is 6.17. The molecule has 1 aliphatic heterocycles. The summed E-state index contributed by atoms with van der Waals surface area (Å²) in [6.45, 7) is 15.2. The number of rotatable bonds is 17. The first-order valence-corrected chi connectivity index (χ1v) is 16.4. The fourth-order valence-electron chi connectivity index (χ4n) is 4.70. The molecule has 0 bridgehead atoms. The lowest BCUT2D eigenvalue weighted by atomic mass is 9.84. The van der Waals surface area contributed by atoms with Crippen molar-refractivity contribution in [3.05, 3.63) is 29.3 Å². The van der Waals surface area contributed by atoms with E-state index < -0.39 is 53.0 Å². The zero-order valence-corrected chi connectivity index (χ0v) is 29.8. The van der Waals surface area contributed by atoms with Crippen LogP contribution in [0.25, 0.3) is 0 Å². The highest BCUT2D eigenvalue weighted by Gasteiger charge is 2.42. The van der Waals surface area contributed by atoms with Crippen LogP contribution in [0.3, 0.4) is 0 Å². The third-order valence-corrected chi connectivity index (χ3v) is 7.58. The van der Waals surface area contributed by atoms with Gasteiger partial charge in [-0.25, -0.2) is 4.79 Å². The Balaban J connectivity index is 2.07. The summed E-state index contributed by atoms with van der Waals surface area (Å²) in [5.41, 5.74) is 5.97. The summed E-state index contributed by atoms with van der Waals surface area (Å²) >= 11 is 5.55. The number of hydrogen-bond acceptors (Lipinski definition) is 9. The maximum atomic E-state index is 14.1. The predicted octanol–water partition coefficient (Wildman–Crippen LogP) is 2.88. The Kier molecular flexibility index (Phi) is 15.7. The van der Waals surface area contributed by atoms with E-state index in [2.05, 4.69) is 5.32 Å². The lowest BCUT2D eigenvalue weighted by Crippen LogP contribution is -2.61. The van der Waals surface area contributed by atoms with Crippen LogP contribution in [-0.2, 0) is 46.3 Å². The van der Waals surface area contributed by atoms with E-state index in [1.165, 1.54) is 16.8 Å². The van der Waals surface area contributed by atoms with Crippen molar-refractivity contribution in [2.75, 3.05) is 59.2 Å². The number of alkyl halides is 1. The molecule has 0 unspecified atom stereocenters. The van der Waals surface area contributed by atoms with E-state index in [1.54, 1.807) is 33.8 Å². The van der Waals surface area contributed by atoms with Crippen molar-refractivity contribution in [2.45, 2.75) is 85.2 Å². The first kappa shape index (κ1) is 40.0. The van der Waals surface area contributed by atoms with Gasteiger partial charge >= 0.3 is 6.09 Å². The molecule has 0 saturated heterocycles. The molecular formula is C33H53ClN4O9. The van der Waals surface area contributed by atoms with Gasteiger partial charge in [-0.1, -0.05) is 26.8 Å². The summed E-state index contributed by atoms with van der Waals surface area (Å²) < 4.78 is 27.5. The number of amides is 4. The SMILES string of the molecule is C[C@@H](C(=O)N[C@H](C(=O)N1Cc2cc(OCCOCCOCCOCCCl)ccc2C[C@H]1C(N)=O)C(C)(C)C)N(C)C(=O)OC(C)(C)C. The van der Waals surface area contributed by atoms with E-state index in [4.69, 9.17) is 41.0 Å². The Morgan fingerprint density at radius 1 is 0.957 bits per heavy atom. The average Bonchev–Trinajstić information content (AvgIpc) is 2.99. The van der Waals surface area contributed by atoms with Crippen LogP contribution in [0.4, 0.5) is 4.79 Å². The van der Waals surface area contributed by atoms with Crippen molar-refractivity contribution in [3.8, 4) is 5.75 Å². The second kappa shape index (κ2) is 18.4. The van der Waals surface area contributed by atoms with E-state index in [9.17, 15) is 19.2 Å². The molecule has 1 heterocycles. The number of primary amides is 1. The van der Waals surface area contributed by atoms with Crippen molar-refractivity contribution in [1.29, 1.82) is 0 Å². The van der Waals surface area contributed by atoms with Crippen molar-refractivity contribution in [3.63, 3.8) is 0 Å². The van der Waals surface area contributed by atoms with Gasteiger partial charge in [0.15, 0.2) is 0 Å². The summed E-state index contributed by atoms with van der Waals surface area (Å²) in [6.07, 6.45) is -0.446. The third-order valence-electron chi connectivity index (χ3n) is 7.42. The van der Waals surface area contributed by atoms with Crippen LogP contribution in [0, 0.1) is 5.41 Å². The maximum Gasteiger partial charge on any atom is 0.410 e. The molecule has 0 saturated carbocycles. The van der Waals surface area contributed by atoms with E-state index >= 15 is 0 Å². The van der Waals surface area contributed by atoms with Crippen molar-refractivity contribution in [1.82, 2.24) is 15.1 Å². The van der Waals surface area contributed by atoms with Gasteiger partial charge < -0.3 is 39.6 Å². The largest absolute Gasteiger partial charge is 0.491 e. The van der Waals surface area contributed by atoms with E-state index in [1.807, 2.05) is 32.9 Å². The molecule has 1 aromatic rings. The van der Waals surface area contributed by atoms with Gasteiger partial charge in [0.05, 0.1) is 39.6 Å². The fourth-order valence-corrected chi connectivity index (χ4v) is 4.81. The lowest BCUT2D eigenvalue weighted by Gasteiger charge is -2.41. The lowest BCUT2D eigenvalue weighted by molar-refractivity contribution is -0.146. The van der Waals surface area contributed by atoms with Crippen molar-refractivity contribution >= 4 is 35.4 Å². The fraction of sp³-hybridized carbons (Fsp3) is 0.697. The zero-order chi connectivity index (χ0) is 35.4. The predicted molar refractivity (Wildman–Crippen MR) is 177 cm³/mol. The van der Waals surface area contributed by atoms with Crippen LogP contribution in [-0.4, -0.2) is 117 Å². The van der Waals surface area contributed by atoms with Crippen LogP contribution in [0.15, 0.2) is 18.2 Å². The number of nitrogens with one attached hydrogen (secondary N) is 1. The second-order valence-corrected chi connectivity index (χ2v) is 13.8. The number of fused-ring (bicyclic) bond motifs is 1. The molecule has 0 fully saturated rings. The number of benzene rings is 1. The summed E-state index contributed by atoms with van der Waals surface area (Å²) in [4.78, 5) is 55.2. The quantitative estimate of drug-likeness (QED) is 0.186. The Morgan fingerprint density at radius 3 is 2.06 bits per heavy atom. The molecule has 3 atom stereocenters. The minimum Gasteiger partial charge on any atom is -0.491 e. The highest BCUT2D eigenvalue weighted by atomic mass is 35.5. The minimum absolute atomic E-state index is 0.0945. The van der Waals surface area contributed by atoms with Gasteiger partial charge in [0, 0.05) is 25.9 Å². The number of nitrogens with zero attached hydrogens (tertiary/aromatic N) is 2. The van der Waals surface area contributed by atoms with Crippen molar-refractivity contribution < 1.29 is 42.9 Å². The zero-order valence-electron chi connectivity index (χ0n) is 29.1. The first-order chi connectivity index (χ1) is 22.0. The molecule has 0 aliphatic carbocycles. The van der Waals surface area contributed by atoms with Crippen LogP contribution in [0.1, 0.15) is 59.6 Å². The smallest absolute Gasteiger partial charge is 0.410 e. The molecular weight excluding hydrogens is 632 g/mol. The molecule has 0 aromatic heterocycles. The molecule has 0 radical (unpaired) electrons. The monoisotopic (exact) mass is 684 g/mol. The van der Waals surface area contributed by atoms with Gasteiger partial charge in [0.2, 0.25) is 17.7 Å². The number of ether oxygens (including phenoxy) is 5. The van der Waals surface area contributed by atoms with E-state index in [0.717, 1.165) is 11.1 Å². The van der Waals surface area contributed by atoms with Gasteiger partial charge in [-0.15, -0.1) is 11.6 Å². The van der Waals surface area contributed by atoms with Crippen molar-refractivity contribution in [2.24, 2.45) is 11.1 Å². The number of halogens is 1. The number of carbonyl (C=O) groups excluding carboxylic acids is 4. The number of likely N-dealkylation sites (N-methyl/N-ethyl adjacent to an activating group) is 1. The molecule has 1 aromatic carbocycles. The third kappa shape index (κ3) is 13.1. The van der Waals surface area contributed by atoms with E-state index in [-0.39, 0.29) is 13.0 Å². The molecule has 4 amide bonds. The normalized spacial score (nSPS) is 16.1. The number of nitrogens with two attached hydrogens (primary N) is 1. The van der Waals surface area contributed by atoms with Gasteiger partial charge in [-0.05, 0) is 56.4 Å². The molecule has 2 rings (SSSR count). The van der Waals surface area contributed by atoms with Gasteiger partial charge in [-0.2, -0.15) is 0 Å². The number of hydrogen-bond donors (Lipinski definition) is 2. The van der Waals surface area contributed by atoms with Crippen LogP contribution in [0.5, 0.6) is 5.75 Å². The molecule has 47 heavy (non-hydrogen) atoms. The summed E-state index contributed by atoms with van der Waals surface area (Å²) in [6, 6.07) is 2.63. The standard InChI is InChI=1S/C33H53ClN4O9/c1-22(37(8)31(42)47-33(5,6)7)29(40)36-27(32(2,3)4)30(41)38-21-24-19-25(10-9-23(24)20-26(38)28(35)39)46-18-17-45-16-15-44-14-13-43-12-11-34/h9-10,19,22,26-27H,11-18,20-21H2,1-8H3,(H2,35,39)(H,36,40)/t22-,26-,27+/m0/s1. The minimum atomic E-state index is -1.02. The van der Waals surface area contributed by atoms with Crippen LogP contribution >= 0.6 is 11.6 Å². The molecule has 13 nitrogen and oxygen atoms in total. The van der Waals surface area contributed by atoms with Gasteiger partial charge in [-0.3, -0.25) is 19.3 Å². The summed E-state index contributed by atoms with van der Waals surface area (Å²) in [5.74, 6) is -0.609. The average molecular weight is 685 g/mol. The second-order valence-electron chi connectivity index (χ2n) is 13.5. The summed E-state index contributed by atoms with van der Waals surface area (Å²) in [5, 5.41) is 2.82. The van der Waals surface area contributed by atoms with E-state index in [0.29, 0.717) is 57.9 Å². The highest BCUT2D eigenvalue weighted by Crippen LogP contribution is 2.30. The number of carbonyl (C=O) groups is 4. The molecule has 14 heteroatoms. The Bertz CT molecular complexity index is 1200. The molecule has 266 valence electrons. The van der Waals surface area contributed by atoms with Crippen LogP contribution < -0.4 is 15.8 Å². The Labute approximate surface area is 283 Å². The van der Waals surface area contributed by atoms with Crippen LogP contribution in [0.2, 0.25) is 0 Å². The molecule has 0 spiro atoms. The molecule has 1 aliphatic rings. The Morgan fingerprint density at radius 2 is 1.53 bits per heavy atom. The topological polar surface area (TPSA) is 159 Å². The maximum absolute atomic E-state index is 14.1. The van der Waals surface area contributed by atoms with Gasteiger partial charge in [0.1, 0.15) is 36.1 Å². The summed E-state index contributed by atoms with van der Waals surface area (Å²) in [7, 11) is 1.46. The molecule has 3 N–H and O–H groups in total.